The van der Waals surface area contributed by atoms with Crippen LogP contribution in [0.1, 0.15) is 6.42 Å². The Bertz CT molecular complexity index is 166. The Kier molecular flexibility index (Phi) is 3.69. The minimum atomic E-state index is -0.480. The van der Waals surface area contributed by atoms with E-state index >= 15 is 0 Å². The lowest BCUT2D eigenvalue weighted by molar-refractivity contribution is -0.192. The van der Waals surface area contributed by atoms with Gasteiger partial charge < -0.3 is 14.9 Å². The molecule has 1 heterocycles. The van der Waals surface area contributed by atoms with Crippen LogP contribution < -0.4 is 5.32 Å². The highest BCUT2D eigenvalue weighted by Crippen LogP contribution is 1.95. The second kappa shape index (κ2) is 4.84. The van der Waals surface area contributed by atoms with Crippen molar-refractivity contribution >= 4 is 12.3 Å². The summed E-state index contributed by atoms with van der Waals surface area (Å²) in [7, 11) is 0. The molecule has 1 aliphatic heterocycles. The highest BCUT2D eigenvalue weighted by molar-refractivity contribution is 5.83. The summed E-state index contributed by atoms with van der Waals surface area (Å²) < 4.78 is 0. The van der Waals surface area contributed by atoms with Gasteiger partial charge >= 0.3 is 5.97 Å². The van der Waals surface area contributed by atoms with Gasteiger partial charge in [-0.15, -0.1) is 5.06 Å². The summed E-state index contributed by atoms with van der Waals surface area (Å²) in [5.41, 5.74) is 0. The van der Waals surface area contributed by atoms with Gasteiger partial charge in [-0.05, 0) is 0 Å². The Labute approximate surface area is 70.6 Å². The first-order valence-electron chi connectivity index (χ1n) is 3.93. The molecule has 1 saturated heterocycles. The van der Waals surface area contributed by atoms with E-state index < -0.39 is 5.97 Å². The summed E-state index contributed by atoms with van der Waals surface area (Å²) >= 11 is 0. The number of nitrogens with zero attached hydrogens (tertiary/aromatic N) is 1. The van der Waals surface area contributed by atoms with Gasteiger partial charge in [-0.25, -0.2) is 4.79 Å². The molecule has 1 fully saturated rings. The fourth-order valence-electron chi connectivity index (χ4n) is 0.985. The van der Waals surface area contributed by atoms with Gasteiger partial charge in [0.2, 0.25) is 0 Å². The predicted octanol–water partition coefficient (Wildman–Crippen LogP) is -1.06. The molecule has 0 aromatic rings. The van der Waals surface area contributed by atoms with Crippen LogP contribution in [0.4, 0.5) is 0 Å². The minimum absolute atomic E-state index is 0.163. The molecule has 0 aromatic heterocycles. The zero-order valence-electron chi connectivity index (χ0n) is 6.78. The molecule has 1 aliphatic rings. The Morgan fingerprint density at radius 3 is 2.75 bits per heavy atom. The second-order valence-corrected chi connectivity index (χ2v) is 2.51. The normalized spacial score (nSPS) is 18.7. The van der Waals surface area contributed by atoms with Crippen molar-refractivity contribution in [1.29, 1.82) is 0 Å². The van der Waals surface area contributed by atoms with Gasteiger partial charge in [0.25, 0.3) is 0 Å². The van der Waals surface area contributed by atoms with Crippen molar-refractivity contribution in [1.82, 2.24) is 10.4 Å². The van der Waals surface area contributed by atoms with Crippen LogP contribution in [-0.2, 0) is 14.4 Å². The lowest BCUT2D eigenvalue weighted by Gasteiger charge is -2.25. The summed E-state index contributed by atoms with van der Waals surface area (Å²) in [5.74, 6) is -0.480. The van der Waals surface area contributed by atoms with Crippen LogP contribution in [0.5, 0.6) is 0 Å². The van der Waals surface area contributed by atoms with Crippen LogP contribution in [0.25, 0.3) is 0 Å². The van der Waals surface area contributed by atoms with E-state index in [2.05, 4.69) is 5.32 Å². The van der Waals surface area contributed by atoms with Gasteiger partial charge in [0.15, 0.2) is 0 Å². The maximum absolute atomic E-state index is 10.8. The average Bonchev–Trinajstić information content (AvgIpc) is 2.06. The third kappa shape index (κ3) is 2.98. The summed E-state index contributed by atoms with van der Waals surface area (Å²) in [6.07, 6.45) is 0.383. The number of hydrogen-bond acceptors (Lipinski definition) is 5. The number of hydroxylamine groups is 2. The molecule has 0 saturated carbocycles. The predicted molar refractivity (Wildman–Crippen MR) is 41.2 cm³/mol. The van der Waals surface area contributed by atoms with E-state index in [1.54, 1.807) is 5.06 Å². The number of carbonyl (C=O) groups is 2. The minimum Gasteiger partial charge on any atom is -0.367 e. The fraction of sp³-hybridized carbons (Fsp3) is 0.714. The third-order valence-electron chi connectivity index (χ3n) is 1.56. The molecular weight excluding hydrogens is 160 g/mol. The standard InChI is InChI=1S/C7H12N2O3/c10-6-1-7(11)12-9-4-2-8-3-5-9/h6,8H,1-5H2. The molecule has 12 heavy (non-hydrogen) atoms. The molecule has 0 spiro atoms. The Morgan fingerprint density at radius 1 is 1.50 bits per heavy atom. The largest absolute Gasteiger partial charge is 0.367 e. The number of aldehydes is 1. The molecule has 1 rings (SSSR count). The molecule has 68 valence electrons. The molecule has 0 aromatic carbocycles. The Balaban J connectivity index is 2.19. The van der Waals surface area contributed by atoms with Crippen molar-refractivity contribution in [2.45, 2.75) is 6.42 Å². The van der Waals surface area contributed by atoms with Crippen LogP contribution in [0.15, 0.2) is 0 Å². The molecule has 0 unspecified atom stereocenters. The lowest BCUT2D eigenvalue weighted by Crippen LogP contribution is -2.44. The van der Waals surface area contributed by atoms with Crippen LogP contribution in [0, 0.1) is 0 Å². The Morgan fingerprint density at radius 2 is 2.17 bits per heavy atom. The first kappa shape index (κ1) is 9.15. The zero-order chi connectivity index (χ0) is 8.81. The summed E-state index contributed by atoms with van der Waals surface area (Å²) in [6, 6.07) is 0. The van der Waals surface area contributed by atoms with Crippen molar-refractivity contribution in [3.63, 3.8) is 0 Å². The molecule has 0 atom stereocenters. The molecule has 0 amide bonds. The van der Waals surface area contributed by atoms with Gasteiger partial charge in [-0.3, -0.25) is 0 Å². The van der Waals surface area contributed by atoms with Crippen molar-refractivity contribution in [3.8, 4) is 0 Å². The van der Waals surface area contributed by atoms with E-state index in [-0.39, 0.29) is 6.42 Å². The number of nitrogens with one attached hydrogen (secondary N) is 1. The average molecular weight is 172 g/mol. The lowest BCUT2D eigenvalue weighted by atomic mass is 10.4. The first-order valence-corrected chi connectivity index (χ1v) is 3.93. The maximum Gasteiger partial charge on any atom is 0.332 e. The number of carbonyl (C=O) groups excluding carboxylic acids is 2. The van der Waals surface area contributed by atoms with Crippen molar-refractivity contribution in [2.24, 2.45) is 0 Å². The van der Waals surface area contributed by atoms with Gasteiger partial charge in [-0.2, -0.15) is 0 Å². The number of rotatable bonds is 3. The van der Waals surface area contributed by atoms with E-state index in [9.17, 15) is 9.59 Å². The summed E-state index contributed by atoms with van der Waals surface area (Å²) in [5, 5.41) is 4.69. The topological polar surface area (TPSA) is 58.6 Å². The molecule has 0 aliphatic carbocycles. The van der Waals surface area contributed by atoms with Gasteiger partial charge in [0, 0.05) is 26.2 Å². The summed E-state index contributed by atoms with van der Waals surface area (Å²) in [4.78, 5) is 25.6. The molecule has 0 radical (unpaired) electrons. The molecule has 1 N–H and O–H groups in total. The van der Waals surface area contributed by atoms with Crippen molar-refractivity contribution in [2.75, 3.05) is 26.2 Å². The van der Waals surface area contributed by atoms with E-state index in [1.807, 2.05) is 0 Å². The fourth-order valence-corrected chi connectivity index (χ4v) is 0.985. The highest BCUT2D eigenvalue weighted by Gasteiger charge is 2.13. The first-order chi connectivity index (χ1) is 5.83. The van der Waals surface area contributed by atoms with E-state index in [0.29, 0.717) is 19.4 Å². The van der Waals surface area contributed by atoms with Crippen LogP contribution in [-0.4, -0.2) is 43.5 Å². The van der Waals surface area contributed by atoms with Crippen molar-refractivity contribution < 1.29 is 14.4 Å². The molecule has 5 nitrogen and oxygen atoms in total. The Hall–Kier alpha value is -0.940. The molecule has 0 bridgehead atoms. The quantitative estimate of drug-likeness (QED) is 0.434. The van der Waals surface area contributed by atoms with Crippen molar-refractivity contribution in [3.05, 3.63) is 0 Å². The monoisotopic (exact) mass is 172 g/mol. The third-order valence-corrected chi connectivity index (χ3v) is 1.56. The smallest absolute Gasteiger partial charge is 0.332 e. The van der Waals surface area contributed by atoms with Gasteiger partial charge in [-0.1, -0.05) is 0 Å². The van der Waals surface area contributed by atoms with Crippen LogP contribution >= 0.6 is 0 Å². The van der Waals surface area contributed by atoms with E-state index in [1.165, 1.54) is 0 Å². The van der Waals surface area contributed by atoms with Gasteiger partial charge in [0.1, 0.15) is 12.7 Å². The number of hydrogen-bond donors (Lipinski definition) is 1. The zero-order valence-corrected chi connectivity index (χ0v) is 6.78. The molecule has 5 heteroatoms. The highest BCUT2D eigenvalue weighted by atomic mass is 16.7. The SMILES string of the molecule is O=CCC(=O)ON1CCNCC1. The van der Waals surface area contributed by atoms with Crippen LogP contribution in [0.3, 0.4) is 0 Å². The van der Waals surface area contributed by atoms with E-state index in [4.69, 9.17) is 4.84 Å². The van der Waals surface area contributed by atoms with E-state index in [0.717, 1.165) is 13.1 Å². The summed E-state index contributed by atoms with van der Waals surface area (Å²) in [6.45, 7) is 3.00. The van der Waals surface area contributed by atoms with Crippen LogP contribution in [0.2, 0.25) is 0 Å². The van der Waals surface area contributed by atoms with Gasteiger partial charge in [0.05, 0.1) is 0 Å². The second-order valence-electron chi connectivity index (χ2n) is 2.51. The molecular formula is C7H12N2O3. The number of piperazine rings is 1. The maximum atomic E-state index is 10.8.